The van der Waals surface area contributed by atoms with Crippen molar-refractivity contribution in [2.45, 2.75) is 12.8 Å². The summed E-state index contributed by atoms with van der Waals surface area (Å²) in [4.78, 5) is 6.59. The Bertz CT molecular complexity index is 587. The van der Waals surface area contributed by atoms with Gasteiger partial charge in [-0.2, -0.15) is 4.98 Å². The number of rotatable bonds is 3. The second-order valence-corrected chi connectivity index (χ2v) is 5.46. The van der Waals surface area contributed by atoms with Crippen LogP contribution in [0.15, 0.2) is 18.2 Å². The number of anilines is 1. The van der Waals surface area contributed by atoms with E-state index in [1.807, 2.05) is 0 Å². The predicted molar refractivity (Wildman–Crippen MR) is 80.3 cm³/mol. The van der Waals surface area contributed by atoms with Crippen molar-refractivity contribution in [3.8, 4) is 0 Å². The molecule has 1 aliphatic rings. The standard InChI is InChI=1S/C14H17ClFN5/c15-11-3-1-4-12(16)10(11)9-13-18-14(20-19-13)21-7-2-5-17-6-8-21/h1,3-4,17H,2,5-9H2,(H,18,19,20). The number of nitrogens with zero attached hydrogens (tertiary/aromatic N) is 3. The fourth-order valence-electron chi connectivity index (χ4n) is 2.42. The van der Waals surface area contributed by atoms with Crippen LogP contribution in [-0.4, -0.2) is 41.4 Å². The summed E-state index contributed by atoms with van der Waals surface area (Å²) in [5, 5.41) is 10.9. The molecule has 112 valence electrons. The molecule has 21 heavy (non-hydrogen) atoms. The number of hydrogen-bond donors (Lipinski definition) is 2. The molecule has 7 heteroatoms. The predicted octanol–water partition coefficient (Wildman–Crippen LogP) is 1.99. The van der Waals surface area contributed by atoms with Crippen molar-refractivity contribution in [3.63, 3.8) is 0 Å². The van der Waals surface area contributed by atoms with Gasteiger partial charge in [-0.1, -0.05) is 17.7 Å². The van der Waals surface area contributed by atoms with E-state index >= 15 is 0 Å². The fourth-order valence-corrected chi connectivity index (χ4v) is 2.65. The summed E-state index contributed by atoms with van der Waals surface area (Å²) < 4.78 is 13.8. The van der Waals surface area contributed by atoms with Crippen LogP contribution >= 0.6 is 11.6 Å². The third kappa shape index (κ3) is 3.33. The van der Waals surface area contributed by atoms with Crippen molar-refractivity contribution in [3.05, 3.63) is 40.4 Å². The summed E-state index contributed by atoms with van der Waals surface area (Å²) in [7, 11) is 0. The van der Waals surface area contributed by atoms with Crippen LogP contribution in [0.5, 0.6) is 0 Å². The second kappa shape index (κ2) is 6.41. The van der Waals surface area contributed by atoms with Crippen LogP contribution in [0, 0.1) is 5.82 Å². The second-order valence-electron chi connectivity index (χ2n) is 5.05. The van der Waals surface area contributed by atoms with Gasteiger partial charge in [0.05, 0.1) is 0 Å². The first kappa shape index (κ1) is 14.3. The molecule has 1 saturated heterocycles. The summed E-state index contributed by atoms with van der Waals surface area (Å²) in [5.41, 5.74) is 0.444. The van der Waals surface area contributed by atoms with E-state index in [1.54, 1.807) is 12.1 Å². The Balaban J connectivity index is 1.75. The van der Waals surface area contributed by atoms with Crippen molar-refractivity contribution in [2.75, 3.05) is 31.1 Å². The Morgan fingerprint density at radius 1 is 1.29 bits per heavy atom. The van der Waals surface area contributed by atoms with E-state index < -0.39 is 0 Å². The molecular weight excluding hydrogens is 293 g/mol. The van der Waals surface area contributed by atoms with E-state index in [0.717, 1.165) is 32.6 Å². The Labute approximate surface area is 127 Å². The summed E-state index contributed by atoms with van der Waals surface area (Å²) in [6.07, 6.45) is 1.37. The first-order valence-electron chi connectivity index (χ1n) is 7.04. The molecule has 0 atom stereocenters. The van der Waals surface area contributed by atoms with Crippen LogP contribution < -0.4 is 10.2 Å². The lowest BCUT2D eigenvalue weighted by Gasteiger charge is -2.16. The van der Waals surface area contributed by atoms with Gasteiger partial charge in [-0.25, -0.2) is 4.39 Å². The van der Waals surface area contributed by atoms with Crippen LogP contribution in [0.1, 0.15) is 17.8 Å². The van der Waals surface area contributed by atoms with Gasteiger partial charge in [0, 0.05) is 36.6 Å². The quantitative estimate of drug-likeness (QED) is 0.910. The van der Waals surface area contributed by atoms with Crippen LogP contribution in [0.2, 0.25) is 5.02 Å². The highest BCUT2D eigenvalue weighted by molar-refractivity contribution is 6.31. The average molecular weight is 310 g/mol. The van der Waals surface area contributed by atoms with E-state index in [-0.39, 0.29) is 5.82 Å². The highest BCUT2D eigenvalue weighted by Gasteiger charge is 2.16. The summed E-state index contributed by atoms with van der Waals surface area (Å²) in [6, 6.07) is 4.67. The number of nitrogens with one attached hydrogen (secondary N) is 2. The molecule has 2 heterocycles. The van der Waals surface area contributed by atoms with Gasteiger partial charge in [-0.3, -0.25) is 5.10 Å². The zero-order valence-corrected chi connectivity index (χ0v) is 12.3. The molecule has 0 radical (unpaired) electrons. The molecule has 0 saturated carbocycles. The molecule has 1 aromatic carbocycles. The maximum absolute atomic E-state index is 13.8. The van der Waals surface area contributed by atoms with E-state index in [2.05, 4.69) is 25.4 Å². The molecule has 0 aliphatic carbocycles. The zero-order valence-electron chi connectivity index (χ0n) is 11.6. The first-order valence-corrected chi connectivity index (χ1v) is 7.41. The van der Waals surface area contributed by atoms with Gasteiger partial charge < -0.3 is 10.2 Å². The van der Waals surface area contributed by atoms with E-state index in [4.69, 9.17) is 11.6 Å². The highest BCUT2D eigenvalue weighted by atomic mass is 35.5. The molecule has 0 bridgehead atoms. The van der Waals surface area contributed by atoms with Crippen molar-refractivity contribution >= 4 is 17.5 Å². The smallest absolute Gasteiger partial charge is 0.244 e. The van der Waals surface area contributed by atoms with Gasteiger partial charge in [0.2, 0.25) is 5.95 Å². The lowest BCUT2D eigenvalue weighted by Crippen LogP contribution is -2.28. The van der Waals surface area contributed by atoms with Gasteiger partial charge in [0.25, 0.3) is 0 Å². The molecule has 0 amide bonds. The molecule has 0 spiro atoms. The third-order valence-corrected chi connectivity index (χ3v) is 3.90. The first-order chi connectivity index (χ1) is 10.2. The number of aromatic nitrogens is 3. The normalized spacial score (nSPS) is 16.0. The number of halogens is 2. The number of H-pyrrole nitrogens is 1. The Morgan fingerprint density at radius 3 is 3.05 bits per heavy atom. The molecule has 1 fully saturated rings. The molecule has 1 aromatic heterocycles. The minimum Gasteiger partial charge on any atom is -0.338 e. The highest BCUT2D eigenvalue weighted by Crippen LogP contribution is 2.21. The van der Waals surface area contributed by atoms with Crippen LogP contribution in [-0.2, 0) is 6.42 Å². The van der Waals surface area contributed by atoms with Gasteiger partial charge in [-0.15, -0.1) is 5.10 Å². The van der Waals surface area contributed by atoms with Crippen LogP contribution in [0.3, 0.4) is 0 Å². The van der Waals surface area contributed by atoms with Crippen molar-refractivity contribution in [1.29, 1.82) is 0 Å². The summed E-state index contributed by atoms with van der Waals surface area (Å²) in [5.74, 6) is 0.967. The van der Waals surface area contributed by atoms with E-state index in [9.17, 15) is 4.39 Å². The SMILES string of the molecule is Fc1cccc(Cl)c1Cc1nc(N2CCCNCC2)n[nH]1. The fraction of sp³-hybridized carbons (Fsp3) is 0.429. The van der Waals surface area contributed by atoms with E-state index in [1.165, 1.54) is 6.07 Å². The molecule has 1 aliphatic heterocycles. The van der Waals surface area contributed by atoms with Crippen molar-refractivity contribution < 1.29 is 4.39 Å². The van der Waals surface area contributed by atoms with Crippen molar-refractivity contribution in [2.24, 2.45) is 0 Å². The molecule has 0 unspecified atom stereocenters. The molecule has 2 aromatic rings. The Kier molecular flexibility index (Phi) is 4.36. The Hall–Kier alpha value is -1.66. The molecular formula is C14H17ClFN5. The minimum atomic E-state index is -0.320. The van der Waals surface area contributed by atoms with Crippen molar-refractivity contribution in [1.82, 2.24) is 20.5 Å². The number of aromatic amines is 1. The van der Waals surface area contributed by atoms with Gasteiger partial charge in [0.15, 0.2) is 0 Å². The summed E-state index contributed by atoms with van der Waals surface area (Å²) in [6.45, 7) is 3.73. The topological polar surface area (TPSA) is 56.8 Å². The maximum Gasteiger partial charge on any atom is 0.244 e. The lowest BCUT2D eigenvalue weighted by molar-refractivity contribution is 0.612. The maximum atomic E-state index is 13.8. The molecule has 3 rings (SSSR count). The van der Waals surface area contributed by atoms with Crippen LogP contribution in [0.4, 0.5) is 10.3 Å². The lowest BCUT2D eigenvalue weighted by atomic mass is 10.1. The minimum absolute atomic E-state index is 0.310. The largest absolute Gasteiger partial charge is 0.338 e. The average Bonchev–Trinajstić information content (AvgIpc) is 2.76. The van der Waals surface area contributed by atoms with Gasteiger partial charge in [-0.05, 0) is 25.1 Å². The number of hydrogen-bond acceptors (Lipinski definition) is 4. The number of benzene rings is 1. The molecule has 2 N–H and O–H groups in total. The van der Waals surface area contributed by atoms with Gasteiger partial charge >= 0.3 is 0 Å². The zero-order chi connectivity index (χ0) is 14.7. The Morgan fingerprint density at radius 2 is 2.19 bits per heavy atom. The van der Waals surface area contributed by atoms with Gasteiger partial charge in [0.1, 0.15) is 11.6 Å². The molecule has 5 nitrogen and oxygen atoms in total. The monoisotopic (exact) mass is 309 g/mol. The summed E-state index contributed by atoms with van der Waals surface area (Å²) >= 11 is 6.04. The van der Waals surface area contributed by atoms with Crippen LogP contribution in [0.25, 0.3) is 0 Å². The third-order valence-electron chi connectivity index (χ3n) is 3.55. The van der Waals surface area contributed by atoms with E-state index in [0.29, 0.717) is 28.8 Å².